The lowest BCUT2D eigenvalue weighted by molar-refractivity contribution is 0.481. The van der Waals surface area contributed by atoms with Crippen LogP contribution in [0.1, 0.15) is 16.8 Å². The Morgan fingerprint density at radius 3 is 2.70 bits per heavy atom. The van der Waals surface area contributed by atoms with E-state index in [4.69, 9.17) is 16.3 Å². The highest BCUT2D eigenvalue weighted by Crippen LogP contribution is 2.26. The molecule has 0 aliphatic rings. The quantitative estimate of drug-likeness (QED) is 0.784. The lowest BCUT2D eigenvalue weighted by atomic mass is 10.1. The van der Waals surface area contributed by atoms with Crippen molar-refractivity contribution in [1.29, 1.82) is 0 Å². The number of ether oxygens (including phenoxy) is 1. The number of aromatic nitrogens is 2. The monoisotopic (exact) mass is 326 g/mol. The number of nitrogens with zero attached hydrogens (tertiary/aromatic N) is 1. The first-order valence-corrected chi connectivity index (χ1v) is 7.55. The molecule has 1 aromatic heterocycles. The van der Waals surface area contributed by atoms with E-state index >= 15 is 0 Å². The number of hydrogen-bond donors (Lipinski definition) is 1. The van der Waals surface area contributed by atoms with E-state index in [1.165, 1.54) is 6.07 Å². The molecule has 116 valence electrons. The van der Waals surface area contributed by atoms with Crippen molar-refractivity contribution in [2.45, 2.75) is 13.3 Å². The smallest absolute Gasteiger partial charge is 0.264 e. The molecule has 0 unspecified atom stereocenters. The summed E-state index contributed by atoms with van der Waals surface area (Å²) in [7, 11) is 0. The van der Waals surface area contributed by atoms with Gasteiger partial charge in [0.1, 0.15) is 11.5 Å². The maximum atomic E-state index is 11.0. The molecule has 0 aliphatic carbocycles. The average molecular weight is 327 g/mol. The number of nitrogens with one attached hydrogen (secondary N) is 1. The minimum Gasteiger partial charge on any atom is -0.457 e. The van der Waals surface area contributed by atoms with Crippen LogP contribution in [0, 0.1) is 6.92 Å². The van der Waals surface area contributed by atoms with Crippen LogP contribution in [0.15, 0.2) is 59.4 Å². The summed E-state index contributed by atoms with van der Waals surface area (Å²) >= 11 is 6.05. The number of aromatic amines is 1. The third-order valence-electron chi connectivity index (χ3n) is 3.27. The van der Waals surface area contributed by atoms with Gasteiger partial charge in [-0.1, -0.05) is 23.7 Å². The van der Waals surface area contributed by atoms with Gasteiger partial charge in [-0.25, -0.2) is 5.10 Å². The van der Waals surface area contributed by atoms with Crippen LogP contribution in [-0.2, 0) is 6.42 Å². The summed E-state index contributed by atoms with van der Waals surface area (Å²) in [4.78, 5) is 11.0. The van der Waals surface area contributed by atoms with Gasteiger partial charge in [0.2, 0.25) is 0 Å². The van der Waals surface area contributed by atoms with Gasteiger partial charge in [-0.05, 0) is 54.4 Å². The summed E-state index contributed by atoms with van der Waals surface area (Å²) in [5, 5.41) is 7.10. The van der Waals surface area contributed by atoms with E-state index in [1.54, 1.807) is 12.1 Å². The third-order valence-corrected chi connectivity index (χ3v) is 3.49. The normalized spacial score (nSPS) is 10.5. The summed E-state index contributed by atoms with van der Waals surface area (Å²) < 4.78 is 5.87. The van der Waals surface area contributed by atoms with Gasteiger partial charge in [0, 0.05) is 17.5 Å². The molecule has 23 heavy (non-hydrogen) atoms. The molecule has 0 spiro atoms. The molecule has 0 amide bonds. The summed E-state index contributed by atoms with van der Waals surface area (Å²) in [5.41, 5.74) is 2.67. The largest absolute Gasteiger partial charge is 0.457 e. The van der Waals surface area contributed by atoms with Gasteiger partial charge in [-0.2, -0.15) is 5.10 Å². The Bertz CT molecular complexity index is 849. The molecule has 0 bridgehead atoms. The Morgan fingerprint density at radius 1 is 1.09 bits per heavy atom. The van der Waals surface area contributed by atoms with E-state index in [1.807, 2.05) is 43.3 Å². The number of hydrogen-bond acceptors (Lipinski definition) is 3. The average Bonchev–Trinajstić information content (AvgIpc) is 2.49. The van der Waals surface area contributed by atoms with Crippen molar-refractivity contribution in [2.24, 2.45) is 0 Å². The molecule has 0 saturated carbocycles. The van der Waals surface area contributed by atoms with Crippen molar-refractivity contribution in [3.8, 4) is 11.5 Å². The van der Waals surface area contributed by atoms with Gasteiger partial charge in [-0.15, -0.1) is 0 Å². The van der Waals surface area contributed by atoms with Crippen molar-refractivity contribution in [1.82, 2.24) is 10.2 Å². The minimum atomic E-state index is -0.206. The van der Waals surface area contributed by atoms with Crippen molar-refractivity contribution < 1.29 is 4.74 Å². The summed E-state index contributed by atoms with van der Waals surface area (Å²) in [6, 6.07) is 16.5. The molecule has 0 atom stereocenters. The minimum absolute atomic E-state index is 0.206. The summed E-state index contributed by atoms with van der Waals surface area (Å²) in [6.07, 6.45) is 0.614. The Morgan fingerprint density at radius 2 is 1.96 bits per heavy atom. The highest BCUT2D eigenvalue weighted by Gasteiger charge is 2.03. The van der Waals surface area contributed by atoms with Crippen molar-refractivity contribution in [3.05, 3.63) is 86.8 Å². The van der Waals surface area contributed by atoms with Crippen LogP contribution in [0.2, 0.25) is 5.02 Å². The van der Waals surface area contributed by atoms with E-state index < -0.39 is 0 Å². The fourth-order valence-corrected chi connectivity index (χ4v) is 2.58. The van der Waals surface area contributed by atoms with Crippen LogP contribution in [-0.4, -0.2) is 10.2 Å². The molecule has 3 rings (SSSR count). The van der Waals surface area contributed by atoms with Crippen LogP contribution < -0.4 is 10.3 Å². The van der Waals surface area contributed by atoms with E-state index in [-0.39, 0.29) is 5.56 Å². The van der Waals surface area contributed by atoms with E-state index in [0.29, 0.717) is 17.2 Å². The molecular weight excluding hydrogens is 312 g/mol. The Labute approximate surface area is 138 Å². The fourth-order valence-electron chi connectivity index (χ4n) is 2.30. The summed E-state index contributed by atoms with van der Waals surface area (Å²) in [5.74, 6) is 1.43. The second kappa shape index (κ2) is 6.67. The SMILES string of the molecule is Cc1cc(Cl)cc(Oc2cccc(Cc3ccc(=O)[nH]n3)c2)c1. The molecule has 0 radical (unpaired) electrons. The third kappa shape index (κ3) is 4.20. The molecule has 3 aromatic rings. The zero-order valence-corrected chi connectivity index (χ0v) is 13.3. The number of aryl methyl sites for hydroxylation is 1. The molecule has 4 nitrogen and oxygen atoms in total. The van der Waals surface area contributed by atoms with Gasteiger partial charge in [0.15, 0.2) is 0 Å². The molecule has 1 heterocycles. The van der Waals surface area contributed by atoms with Gasteiger partial charge >= 0.3 is 0 Å². The van der Waals surface area contributed by atoms with Gasteiger partial charge in [0.05, 0.1) is 5.69 Å². The van der Waals surface area contributed by atoms with Gasteiger partial charge in [0.25, 0.3) is 5.56 Å². The standard InChI is InChI=1S/C18H15ClN2O2/c1-12-7-14(19)11-17(8-12)23-16-4-2-3-13(10-16)9-15-5-6-18(22)21-20-15/h2-8,10-11H,9H2,1H3,(H,21,22). The molecule has 0 fully saturated rings. The van der Waals surface area contributed by atoms with Crippen molar-refractivity contribution >= 4 is 11.6 Å². The topological polar surface area (TPSA) is 55.0 Å². The number of H-pyrrole nitrogens is 1. The molecule has 0 saturated heterocycles. The highest BCUT2D eigenvalue weighted by molar-refractivity contribution is 6.30. The summed E-state index contributed by atoms with van der Waals surface area (Å²) in [6.45, 7) is 1.97. The van der Waals surface area contributed by atoms with Crippen LogP contribution in [0.4, 0.5) is 0 Å². The van der Waals surface area contributed by atoms with Crippen molar-refractivity contribution in [3.63, 3.8) is 0 Å². The first-order chi connectivity index (χ1) is 11.1. The highest BCUT2D eigenvalue weighted by atomic mass is 35.5. The van der Waals surface area contributed by atoms with E-state index in [9.17, 15) is 4.79 Å². The molecule has 2 aromatic carbocycles. The maximum Gasteiger partial charge on any atom is 0.264 e. The Kier molecular flexibility index (Phi) is 4.44. The van der Waals surface area contributed by atoms with Crippen LogP contribution in [0.3, 0.4) is 0 Å². The van der Waals surface area contributed by atoms with Gasteiger partial charge < -0.3 is 4.74 Å². The molecular formula is C18H15ClN2O2. The Balaban J connectivity index is 1.79. The maximum absolute atomic E-state index is 11.0. The lowest BCUT2D eigenvalue weighted by Crippen LogP contribution is -2.07. The molecule has 5 heteroatoms. The lowest BCUT2D eigenvalue weighted by Gasteiger charge is -2.09. The predicted molar refractivity (Wildman–Crippen MR) is 90.4 cm³/mol. The number of rotatable bonds is 4. The zero-order valence-electron chi connectivity index (χ0n) is 12.5. The first-order valence-electron chi connectivity index (χ1n) is 7.17. The van der Waals surface area contributed by atoms with Crippen molar-refractivity contribution in [2.75, 3.05) is 0 Å². The van der Waals surface area contributed by atoms with Crippen LogP contribution in [0.25, 0.3) is 0 Å². The van der Waals surface area contributed by atoms with Crippen LogP contribution >= 0.6 is 11.6 Å². The molecule has 1 N–H and O–H groups in total. The Hall–Kier alpha value is -2.59. The van der Waals surface area contributed by atoms with E-state index in [0.717, 1.165) is 22.6 Å². The van der Waals surface area contributed by atoms with E-state index in [2.05, 4.69) is 10.2 Å². The van der Waals surface area contributed by atoms with Gasteiger partial charge in [-0.3, -0.25) is 4.79 Å². The number of halogens is 1. The van der Waals surface area contributed by atoms with Crippen LogP contribution in [0.5, 0.6) is 11.5 Å². The first kappa shape index (κ1) is 15.3. The predicted octanol–water partition coefficient (Wildman–Crippen LogP) is 4.11. The second-order valence-corrected chi connectivity index (χ2v) is 5.74. The molecule has 0 aliphatic heterocycles. The second-order valence-electron chi connectivity index (χ2n) is 5.30. The fraction of sp³-hybridized carbons (Fsp3) is 0.111. The zero-order chi connectivity index (χ0) is 16.2. The number of benzene rings is 2.